The Kier molecular flexibility index (Phi) is 4.53. The van der Waals surface area contributed by atoms with Gasteiger partial charge in [-0.25, -0.2) is 13.1 Å². The molecule has 144 valence electrons. The van der Waals surface area contributed by atoms with Crippen LogP contribution in [0.5, 0.6) is 0 Å². The molecule has 0 aliphatic heterocycles. The van der Waals surface area contributed by atoms with Crippen LogP contribution in [-0.2, 0) is 22.9 Å². The Morgan fingerprint density at radius 1 is 1.11 bits per heavy atom. The molecule has 0 radical (unpaired) electrons. The zero-order valence-corrected chi connectivity index (χ0v) is 15.4. The van der Waals surface area contributed by atoms with E-state index in [-0.39, 0.29) is 35.0 Å². The van der Waals surface area contributed by atoms with Crippen molar-refractivity contribution in [3.8, 4) is 0 Å². The van der Waals surface area contributed by atoms with Crippen molar-refractivity contribution in [3.63, 3.8) is 0 Å². The summed E-state index contributed by atoms with van der Waals surface area (Å²) in [6.07, 6.45) is 5.63. The number of nitrogens with one attached hydrogen (secondary N) is 1. The number of H-pyrrole nitrogens is 1. The first-order valence-corrected chi connectivity index (χ1v) is 9.84. The first kappa shape index (κ1) is 18.1. The number of aromatic nitrogens is 6. The maximum Gasteiger partial charge on any atom is 0.274 e. The van der Waals surface area contributed by atoms with Gasteiger partial charge >= 0.3 is 0 Å². The summed E-state index contributed by atoms with van der Waals surface area (Å²) in [4.78, 5) is 12.7. The van der Waals surface area contributed by atoms with E-state index in [1.54, 1.807) is 12.3 Å². The van der Waals surface area contributed by atoms with Gasteiger partial charge in [0, 0.05) is 17.8 Å². The first-order valence-electron chi connectivity index (χ1n) is 8.35. The average Bonchev–Trinajstić information content (AvgIpc) is 3.36. The molecule has 28 heavy (non-hydrogen) atoms. The van der Waals surface area contributed by atoms with Crippen LogP contribution in [0.15, 0.2) is 63.6 Å². The molecular weight excluding hydrogens is 384 g/mol. The van der Waals surface area contributed by atoms with E-state index in [0.717, 1.165) is 5.69 Å². The van der Waals surface area contributed by atoms with Crippen molar-refractivity contribution in [1.29, 1.82) is 0 Å². The lowest BCUT2D eigenvalue weighted by Gasteiger charge is -2.07. The highest BCUT2D eigenvalue weighted by atomic mass is 32.2. The number of aromatic amines is 1. The van der Waals surface area contributed by atoms with E-state index in [1.807, 2.05) is 0 Å². The molecule has 1 aromatic carbocycles. The molecule has 0 spiro atoms. The minimum Gasteiger partial charge on any atom is -0.394 e. The molecule has 4 rings (SSSR count). The fourth-order valence-electron chi connectivity index (χ4n) is 2.82. The molecule has 0 saturated carbocycles. The van der Waals surface area contributed by atoms with E-state index in [1.165, 1.54) is 46.2 Å². The van der Waals surface area contributed by atoms with Gasteiger partial charge in [0.2, 0.25) is 9.84 Å². The second kappa shape index (κ2) is 7.02. The number of hydrogen-bond acceptors (Lipinski definition) is 7. The normalized spacial score (nSPS) is 11.9. The van der Waals surface area contributed by atoms with Crippen LogP contribution in [-0.4, -0.2) is 49.9 Å². The maximum absolute atomic E-state index is 12.8. The summed E-state index contributed by atoms with van der Waals surface area (Å²) in [5.74, 6) is 0. The van der Waals surface area contributed by atoms with Gasteiger partial charge in [0.25, 0.3) is 5.56 Å². The topological polar surface area (TPSA) is 136 Å². The zero-order chi connectivity index (χ0) is 19.7. The molecule has 4 aromatic rings. The molecule has 10 nitrogen and oxygen atoms in total. The number of sulfone groups is 1. The summed E-state index contributed by atoms with van der Waals surface area (Å²) in [5, 5.41) is 24.4. The fraction of sp³-hybridized carbons (Fsp3) is 0.176. The Morgan fingerprint density at radius 3 is 2.71 bits per heavy atom. The van der Waals surface area contributed by atoms with E-state index in [0.29, 0.717) is 10.8 Å². The van der Waals surface area contributed by atoms with Crippen LogP contribution in [0.1, 0.15) is 5.69 Å². The summed E-state index contributed by atoms with van der Waals surface area (Å²) < 4.78 is 28.3. The predicted octanol–water partition coefficient (Wildman–Crippen LogP) is 0.189. The lowest BCUT2D eigenvalue weighted by molar-refractivity contribution is 0.269. The second-order valence-electron chi connectivity index (χ2n) is 6.10. The summed E-state index contributed by atoms with van der Waals surface area (Å²) >= 11 is 0. The van der Waals surface area contributed by atoms with E-state index >= 15 is 0 Å². The van der Waals surface area contributed by atoms with Gasteiger partial charge in [-0.05, 0) is 24.3 Å². The molecule has 11 heteroatoms. The standard InChI is InChI=1S/C17H16N6O4S/c24-6-5-22-11-15(9-19-22)28(26,27)14-1-2-16-12(7-14)8-20-23(17(16)25)10-13-3-4-18-21-13/h1-4,7-9,11,24H,5-6,10H2,(H,18,21). The zero-order valence-electron chi connectivity index (χ0n) is 14.6. The lowest BCUT2D eigenvalue weighted by atomic mass is 10.2. The molecule has 3 heterocycles. The highest BCUT2D eigenvalue weighted by Gasteiger charge is 2.20. The Bertz CT molecular complexity index is 1290. The van der Waals surface area contributed by atoms with E-state index < -0.39 is 9.84 Å². The van der Waals surface area contributed by atoms with Crippen LogP contribution >= 0.6 is 0 Å². The van der Waals surface area contributed by atoms with Gasteiger partial charge < -0.3 is 5.11 Å². The van der Waals surface area contributed by atoms with Crippen molar-refractivity contribution in [3.05, 3.63) is 65.1 Å². The Hall–Kier alpha value is -3.31. The number of benzene rings is 1. The molecule has 0 atom stereocenters. The Labute approximate surface area is 159 Å². The Balaban J connectivity index is 1.72. The third-order valence-electron chi connectivity index (χ3n) is 4.26. The van der Waals surface area contributed by atoms with Gasteiger partial charge in [0.15, 0.2) is 0 Å². The van der Waals surface area contributed by atoms with Crippen molar-refractivity contribution >= 4 is 20.6 Å². The molecule has 0 fully saturated rings. The third-order valence-corrected chi connectivity index (χ3v) is 5.97. The number of fused-ring (bicyclic) bond motifs is 1. The molecule has 0 aliphatic rings. The van der Waals surface area contributed by atoms with Crippen LogP contribution in [0.2, 0.25) is 0 Å². The van der Waals surface area contributed by atoms with Crippen molar-refractivity contribution in [2.75, 3.05) is 6.61 Å². The average molecular weight is 400 g/mol. The van der Waals surface area contributed by atoms with Crippen molar-refractivity contribution in [1.82, 2.24) is 29.8 Å². The molecular formula is C17H16N6O4S. The van der Waals surface area contributed by atoms with Crippen molar-refractivity contribution in [2.24, 2.45) is 0 Å². The molecule has 0 saturated heterocycles. The van der Waals surface area contributed by atoms with Crippen LogP contribution in [0, 0.1) is 0 Å². The monoisotopic (exact) mass is 400 g/mol. The van der Waals surface area contributed by atoms with Crippen LogP contribution < -0.4 is 5.56 Å². The SMILES string of the molecule is O=c1c2ccc(S(=O)(=O)c3cnn(CCO)c3)cc2cnn1Cc1ccn[nH]1. The quantitative estimate of drug-likeness (QED) is 0.471. The minimum absolute atomic E-state index is 0.0147. The molecule has 0 aliphatic carbocycles. The fourth-order valence-corrected chi connectivity index (χ4v) is 4.07. The van der Waals surface area contributed by atoms with Gasteiger partial charge in [-0.3, -0.25) is 14.6 Å². The van der Waals surface area contributed by atoms with Crippen LogP contribution in [0.3, 0.4) is 0 Å². The summed E-state index contributed by atoms with van der Waals surface area (Å²) in [5.41, 5.74) is 0.403. The second-order valence-corrected chi connectivity index (χ2v) is 8.05. The predicted molar refractivity (Wildman–Crippen MR) is 98.5 cm³/mol. The van der Waals surface area contributed by atoms with Crippen molar-refractivity contribution < 1.29 is 13.5 Å². The first-order chi connectivity index (χ1) is 13.5. The Morgan fingerprint density at radius 2 is 1.96 bits per heavy atom. The largest absolute Gasteiger partial charge is 0.394 e. The van der Waals surface area contributed by atoms with Gasteiger partial charge in [-0.15, -0.1) is 0 Å². The smallest absolute Gasteiger partial charge is 0.274 e. The molecule has 0 bridgehead atoms. The maximum atomic E-state index is 12.8. The van der Waals surface area contributed by atoms with E-state index in [9.17, 15) is 13.2 Å². The number of aliphatic hydroxyl groups is 1. The number of nitrogens with zero attached hydrogens (tertiary/aromatic N) is 5. The summed E-state index contributed by atoms with van der Waals surface area (Å²) in [6, 6.07) is 6.03. The van der Waals surface area contributed by atoms with Crippen LogP contribution in [0.4, 0.5) is 0 Å². The third kappa shape index (κ3) is 3.21. The van der Waals surface area contributed by atoms with Gasteiger partial charge in [-0.2, -0.15) is 15.3 Å². The molecule has 0 amide bonds. The van der Waals surface area contributed by atoms with E-state index in [2.05, 4.69) is 20.4 Å². The minimum atomic E-state index is -3.81. The van der Waals surface area contributed by atoms with Gasteiger partial charge in [0.1, 0.15) is 4.90 Å². The summed E-state index contributed by atoms with van der Waals surface area (Å²) in [6.45, 7) is 0.291. The summed E-state index contributed by atoms with van der Waals surface area (Å²) in [7, 11) is -3.81. The highest BCUT2D eigenvalue weighted by molar-refractivity contribution is 7.91. The molecule has 2 N–H and O–H groups in total. The number of rotatable bonds is 6. The van der Waals surface area contributed by atoms with Crippen molar-refractivity contribution in [2.45, 2.75) is 22.9 Å². The highest BCUT2D eigenvalue weighted by Crippen LogP contribution is 2.23. The van der Waals surface area contributed by atoms with Crippen LogP contribution in [0.25, 0.3) is 10.8 Å². The number of hydrogen-bond donors (Lipinski definition) is 2. The molecule has 0 unspecified atom stereocenters. The van der Waals surface area contributed by atoms with E-state index in [4.69, 9.17) is 5.11 Å². The molecule has 3 aromatic heterocycles. The number of aliphatic hydroxyl groups excluding tert-OH is 1. The van der Waals surface area contributed by atoms with Gasteiger partial charge in [-0.1, -0.05) is 0 Å². The lowest BCUT2D eigenvalue weighted by Crippen LogP contribution is -2.23. The van der Waals surface area contributed by atoms with Gasteiger partial charge in [0.05, 0.1) is 48.1 Å².